The van der Waals surface area contributed by atoms with Gasteiger partial charge in [-0.05, 0) is 0 Å². The van der Waals surface area contributed by atoms with Crippen molar-refractivity contribution in [2.45, 2.75) is 184 Å². The Morgan fingerprint density at radius 3 is 0.740 bits per heavy atom. The Labute approximate surface area is 429 Å². The SMILES string of the molecule is COC(=O)[C@H]1O[C@H](O[C@@H]2[C@H](O)[C@@H](O)[C@@H](O[C@@H]3[C@H](O)[C@@H](O)[C@@H](O[C@@H]4[C@H](O)[C@@H](O)[C@@H](O[C@@H]5[C@H](O)[C@@H](O)[C@@H](O)O[C@@H]5C(=O)O)O[C@@H]4C(=O)OC)O[C@@H]3C(=O)OC)O[C@@H]2C(=O)OC)[C@H](O)[C@@H](O)[C@H]1O[C@H]1O[C@H](C(=O)O)[C@H](O)[C@H](O)[C@H]1O. The second-order valence-electron chi connectivity index (χ2n) is 17.7. The number of esters is 4. The molecule has 6 aliphatic heterocycles. The molecule has 0 amide bonds. The number of aliphatic carboxylic acids is 2. The average Bonchev–Trinajstić information content (AvgIpc) is 3.41. The average molecular weight is 1130 g/mol. The van der Waals surface area contributed by atoms with Gasteiger partial charge in [-0.25, -0.2) is 28.8 Å². The molecule has 0 saturated carbocycles. The molecule has 0 aromatic rings. The van der Waals surface area contributed by atoms with E-state index in [1.807, 2.05) is 0 Å². The van der Waals surface area contributed by atoms with Crippen LogP contribution in [0.15, 0.2) is 0 Å². The molecule has 0 aliphatic carbocycles. The van der Waals surface area contributed by atoms with Gasteiger partial charge in [0.2, 0.25) is 0 Å². The minimum absolute atomic E-state index is 0.779. The summed E-state index contributed by atoms with van der Waals surface area (Å²) in [6, 6.07) is 0. The fourth-order valence-corrected chi connectivity index (χ4v) is 8.77. The van der Waals surface area contributed by atoms with E-state index in [2.05, 4.69) is 9.47 Å². The van der Waals surface area contributed by atoms with Crippen LogP contribution in [0.25, 0.3) is 0 Å². The molecule has 6 fully saturated rings. The van der Waals surface area contributed by atoms with Gasteiger partial charge >= 0.3 is 35.8 Å². The molecule has 6 rings (SSSR count). The predicted molar refractivity (Wildman–Crippen MR) is 220 cm³/mol. The van der Waals surface area contributed by atoms with Gasteiger partial charge in [-0.15, -0.1) is 0 Å². The van der Waals surface area contributed by atoms with Crippen LogP contribution in [0, 0.1) is 0 Å². The quantitative estimate of drug-likeness (QED) is 0.0504. The van der Waals surface area contributed by atoms with Crippen molar-refractivity contribution in [2.75, 3.05) is 28.4 Å². The number of carbonyl (C=O) groups is 6. The predicted octanol–water partition coefficient (Wildman–Crippen LogP) is -13.2. The molecule has 6 saturated heterocycles. The minimum atomic E-state index is -2.49. The molecule has 16 N–H and O–H groups in total. The third-order valence-electron chi connectivity index (χ3n) is 13.0. The van der Waals surface area contributed by atoms with Crippen molar-refractivity contribution >= 4 is 35.8 Å². The molecule has 0 bridgehead atoms. The van der Waals surface area contributed by atoms with Crippen LogP contribution in [0.3, 0.4) is 0 Å². The van der Waals surface area contributed by atoms with Crippen LogP contribution in [-0.4, -0.2) is 330 Å². The lowest BCUT2D eigenvalue weighted by Crippen LogP contribution is -2.69. The number of aliphatic hydroxyl groups excluding tert-OH is 14. The standard InChI is InChI=1S/C40H58O37/c1-63-32(59)25-19(69-36-13(49)5(41)6(42)23(73-36)29(54)55)9(45)15(51)38(75-25)71-21-11(47)17(53)40(77-27(21)34(61)65-3)72-22-10(46)16(52)39(76-28(22)35(62)66-4)70-20-8(44)14(50)37(74-26(20)33(60)64-2)68-18-7(43)12(48)31(58)67-24(18)30(56)57/h5-28,31,36-53,58H,1-4H3,(H,54,55)(H,56,57)/t5-,6+,7+,8+,9+,10+,11+,12+,13+,14+,15+,16+,17+,18+,19+,20+,21+,22+,23-,24-,25-,26-,27-,28-,31-,36-,37-,38-,39-,40-/m0/s1. The van der Waals surface area contributed by atoms with Gasteiger partial charge in [0, 0.05) is 0 Å². The van der Waals surface area contributed by atoms with Gasteiger partial charge in [0.05, 0.1) is 28.4 Å². The normalized spacial score (nSPS) is 47.5. The highest BCUT2D eigenvalue weighted by Crippen LogP contribution is 2.37. The molecular weight excluding hydrogens is 1070 g/mol. The van der Waals surface area contributed by atoms with Gasteiger partial charge in [0.15, 0.2) is 74.4 Å². The monoisotopic (exact) mass is 1130 g/mol. The number of hydrogen-bond donors (Lipinski definition) is 16. The maximum atomic E-state index is 13.2. The van der Waals surface area contributed by atoms with E-state index in [4.69, 9.17) is 61.6 Å². The Balaban J connectivity index is 1.18. The topological polar surface area (TPSA) is 565 Å². The molecule has 0 aromatic carbocycles. The van der Waals surface area contributed by atoms with Crippen LogP contribution >= 0.6 is 0 Å². The lowest BCUT2D eigenvalue weighted by molar-refractivity contribution is -0.386. The number of carboxylic acids is 2. The van der Waals surface area contributed by atoms with Crippen molar-refractivity contribution in [3.63, 3.8) is 0 Å². The maximum absolute atomic E-state index is 13.2. The Kier molecular flexibility index (Phi) is 20.6. The fourth-order valence-electron chi connectivity index (χ4n) is 8.77. The first kappa shape index (κ1) is 62.0. The van der Waals surface area contributed by atoms with Gasteiger partial charge in [0.25, 0.3) is 0 Å². The molecule has 0 unspecified atom stereocenters. The number of carbonyl (C=O) groups excluding carboxylic acids is 4. The van der Waals surface area contributed by atoms with E-state index in [1.54, 1.807) is 0 Å². The molecule has 440 valence electrons. The van der Waals surface area contributed by atoms with Crippen molar-refractivity contribution in [1.82, 2.24) is 0 Å². The lowest BCUT2D eigenvalue weighted by atomic mass is 9.94. The smallest absolute Gasteiger partial charge is 0.337 e. The van der Waals surface area contributed by atoms with Gasteiger partial charge in [-0.3, -0.25) is 0 Å². The molecular formula is C40H58O37. The Hall–Kier alpha value is -4.18. The van der Waals surface area contributed by atoms with Crippen molar-refractivity contribution < 1.29 is 182 Å². The number of hydrogen-bond acceptors (Lipinski definition) is 35. The Morgan fingerprint density at radius 1 is 0.273 bits per heavy atom. The molecule has 77 heavy (non-hydrogen) atoms. The summed E-state index contributed by atoms with van der Waals surface area (Å²) in [4.78, 5) is 76.0. The molecule has 0 radical (unpaired) electrons. The Morgan fingerprint density at radius 2 is 0.494 bits per heavy atom. The third kappa shape index (κ3) is 12.4. The maximum Gasteiger partial charge on any atom is 0.337 e. The highest BCUT2D eigenvalue weighted by molar-refractivity contribution is 5.77. The molecule has 6 aliphatic rings. The van der Waals surface area contributed by atoms with Gasteiger partial charge < -0.3 is 153 Å². The van der Waals surface area contributed by atoms with Crippen LogP contribution in [0.5, 0.6) is 0 Å². The van der Waals surface area contributed by atoms with E-state index in [0.717, 1.165) is 28.4 Å². The summed E-state index contributed by atoms with van der Waals surface area (Å²) in [7, 11) is 3.16. The summed E-state index contributed by atoms with van der Waals surface area (Å²) in [5.41, 5.74) is 0. The Bertz CT molecular complexity index is 2070. The third-order valence-corrected chi connectivity index (χ3v) is 13.0. The lowest BCUT2D eigenvalue weighted by Gasteiger charge is -2.49. The highest BCUT2D eigenvalue weighted by Gasteiger charge is 2.61. The largest absolute Gasteiger partial charge is 0.479 e. The van der Waals surface area contributed by atoms with Crippen LogP contribution in [-0.2, 0) is 99.8 Å². The van der Waals surface area contributed by atoms with Crippen molar-refractivity contribution in [3.8, 4) is 0 Å². The van der Waals surface area contributed by atoms with Crippen LogP contribution in [0.4, 0.5) is 0 Å². The number of methoxy groups -OCH3 is 4. The zero-order valence-electron chi connectivity index (χ0n) is 40.0. The minimum Gasteiger partial charge on any atom is -0.479 e. The van der Waals surface area contributed by atoms with Gasteiger partial charge in [-0.2, -0.15) is 0 Å². The van der Waals surface area contributed by atoms with E-state index in [1.165, 1.54) is 0 Å². The number of rotatable bonds is 16. The first-order valence-electron chi connectivity index (χ1n) is 22.7. The van der Waals surface area contributed by atoms with Crippen molar-refractivity contribution in [2.24, 2.45) is 0 Å². The summed E-state index contributed by atoms with van der Waals surface area (Å²) >= 11 is 0. The zero-order chi connectivity index (χ0) is 57.4. The van der Waals surface area contributed by atoms with Crippen LogP contribution < -0.4 is 0 Å². The van der Waals surface area contributed by atoms with Crippen LogP contribution in [0.2, 0.25) is 0 Å². The van der Waals surface area contributed by atoms with E-state index < -0.39 is 220 Å². The number of aliphatic hydroxyl groups is 14. The van der Waals surface area contributed by atoms with E-state index in [9.17, 15) is 110 Å². The van der Waals surface area contributed by atoms with E-state index >= 15 is 0 Å². The first-order valence-corrected chi connectivity index (χ1v) is 22.7. The molecule has 30 atom stereocenters. The fraction of sp³-hybridized carbons (Fsp3) is 0.850. The van der Waals surface area contributed by atoms with E-state index in [-0.39, 0.29) is 0 Å². The van der Waals surface area contributed by atoms with Gasteiger partial charge in [-0.1, -0.05) is 0 Å². The second-order valence-corrected chi connectivity index (χ2v) is 17.7. The summed E-state index contributed by atoms with van der Waals surface area (Å²) in [6.07, 6.45) is -69.6. The summed E-state index contributed by atoms with van der Waals surface area (Å²) in [5, 5.41) is 170. The summed E-state index contributed by atoms with van der Waals surface area (Å²) < 4.78 is 78.1. The first-order chi connectivity index (χ1) is 36.1. The van der Waals surface area contributed by atoms with Crippen LogP contribution in [0.1, 0.15) is 0 Å². The molecule has 37 heteroatoms. The van der Waals surface area contributed by atoms with Crippen molar-refractivity contribution in [3.05, 3.63) is 0 Å². The van der Waals surface area contributed by atoms with Crippen molar-refractivity contribution in [1.29, 1.82) is 0 Å². The highest BCUT2D eigenvalue weighted by atomic mass is 16.8. The second kappa shape index (κ2) is 25.5. The zero-order valence-corrected chi connectivity index (χ0v) is 40.0. The number of carboxylic acid groups (broad SMARTS) is 2. The summed E-state index contributed by atoms with van der Waals surface area (Å²) in [5.74, 6) is -9.50. The molecule has 6 heterocycles. The summed E-state index contributed by atoms with van der Waals surface area (Å²) in [6.45, 7) is 0. The molecule has 0 aromatic heterocycles. The molecule has 37 nitrogen and oxygen atoms in total. The molecule has 0 spiro atoms. The number of ether oxygens (including phenoxy) is 15. The van der Waals surface area contributed by atoms with E-state index in [0.29, 0.717) is 0 Å². The van der Waals surface area contributed by atoms with Gasteiger partial charge in [0.1, 0.15) is 110 Å².